The van der Waals surface area contributed by atoms with E-state index in [1.165, 1.54) is 21.3 Å². The number of nitrogens with one attached hydrogen (secondary N) is 1. The van der Waals surface area contributed by atoms with Crippen molar-refractivity contribution in [3.63, 3.8) is 0 Å². The van der Waals surface area contributed by atoms with Crippen LogP contribution in [0.15, 0.2) is 18.2 Å². The summed E-state index contributed by atoms with van der Waals surface area (Å²) in [7, 11) is 4.42. The van der Waals surface area contributed by atoms with Crippen LogP contribution in [-0.4, -0.2) is 31.3 Å². The lowest BCUT2D eigenvalue weighted by atomic mass is 10.3. The van der Waals surface area contributed by atoms with Gasteiger partial charge >= 0.3 is 5.97 Å². The predicted molar refractivity (Wildman–Crippen MR) is 63.8 cm³/mol. The molecule has 2 rings (SSSR count). The number of ether oxygens (including phenoxy) is 3. The number of methoxy groups -OCH3 is 3. The van der Waals surface area contributed by atoms with Gasteiger partial charge < -0.3 is 19.2 Å². The summed E-state index contributed by atoms with van der Waals surface area (Å²) in [5, 5.41) is 0.558. The fourth-order valence-electron chi connectivity index (χ4n) is 1.68. The minimum absolute atomic E-state index is 0.410. The average molecular weight is 257 g/mol. The first kappa shape index (κ1) is 12.3. The fourth-order valence-corrected chi connectivity index (χ4v) is 1.90. The average Bonchev–Trinajstić information content (AvgIpc) is 2.78. The summed E-state index contributed by atoms with van der Waals surface area (Å²) in [4.78, 5) is 7.39. The van der Waals surface area contributed by atoms with Gasteiger partial charge in [-0.15, -0.1) is 0 Å². The van der Waals surface area contributed by atoms with Crippen molar-refractivity contribution in [2.45, 2.75) is 5.97 Å². The van der Waals surface area contributed by atoms with Gasteiger partial charge in [-0.1, -0.05) is 17.7 Å². The molecule has 0 saturated carbocycles. The van der Waals surface area contributed by atoms with Crippen molar-refractivity contribution in [3.05, 3.63) is 29.0 Å². The van der Waals surface area contributed by atoms with Gasteiger partial charge in [0.2, 0.25) is 0 Å². The third kappa shape index (κ3) is 1.91. The molecule has 0 bridgehead atoms. The highest BCUT2D eigenvalue weighted by molar-refractivity contribution is 6.34. The van der Waals surface area contributed by atoms with E-state index in [1.54, 1.807) is 6.07 Å². The van der Waals surface area contributed by atoms with Crippen molar-refractivity contribution in [1.82, 2.24) is 9.97 Å². The number of para-hydroxylation sites is 1. The van der Waals surface area contributed by atoms with Crippen molar-refractivity contribution in [3.8, 4) is 0 Å². The number of aromatic nitrogens is 2. The number of rotatable bonds is 4. The summed E-state index contributed by atoms with van der Waals surface area (Å²) in [6.07, 6.45) is 0. The van der Waals surface area contributed by atoms with Gasteiger partial charge in [0, 0.05) is 21.3 Å². The van der Waals surface area contributed by atoms with E-state index in [0.717, 1.165) is 5.52 Å². The molecule has 0 atom stereocenters. The Morgan fingerprint density at radius 1 is 1.18 bits per heavy atom. The van der Waals surface area contributed by atoms with Gasteiger partial charge in [0.25, 0.3) is 0 Å². The molecule has 6 heteroatoms. The molecule has 0 aliphatic heterocycles. The molecule has 0 aliphatic rings. The van der Waals surface area contributed by atoms with E-state index >= 15 is 0 Å². The molecular weight excluding hydrogens is 244 g/mol. The van der Waals surface area contributed by atoms with Crippen LogP contribution in [0.2, 0.25) is 5.02 Å². The van der Waals surface area contributed by atoms with Gasteiger partial charge in [0.05, 0.1) is 10.5 Å². The molecule has 1 N–H and O–H groups in total. The van der Waals surface area contributed by atoms with E-state index < -0.39 is 5.97 Å². The van der Waals surface area contributed by atoms with Gasteiger partial charge in [-0.05, 0) is 12.1 Å². The number of halogens is 1. The molecule has 0 amide bonds. The molecule has 1 heterocycles. The minimum atomic E-state index is -1.34. The quantitative estimate of drug-likeness (QED) is 0.853. The second-order valence-corrected chi connectivity index (χ2v) is 3.80. The summed E-state index contributed by atoms with van der Waals surface area (Å²) >= 11 is 6.05. The van der Waals surface area contributed by atoms with Gasteiger partial charge in [0.1, 0.15) is 5.52 Å². The Bertz CT molecular complexity index is 514. The highest BCUT2D eigenvalue weighted by atomic mass is 35.5. The van der Waals surface area contributed by atoms with E-state index in [-0.39, 0.29) is 0 Å². The molecule has 5 nitrogen and oxygen atoms in total. The van der Waals surface area contributed by atoms with Gasteiger partial charge in [-0.3, -0.25) is 0 Å². The Morgan fingerprint density at radius 3 is 2.35 bits per heavy atom. The van der Waals surface area contributed by atoms with Crippen LogP contribution in [0.25, 0.3) is 11.0 Å². The van der Waals surface area contributed by atoms with E-state index in [4.69, 9.17) is 25.8 Å². The van der Waals surface area contributed by atoms with Crippen molar-refractivity contribution in [1.29, 1.82) is 0 Å². The molecule has 17 heavy (non-hydrogen) atoms. The first-order valence-electron chi connectivity index (χ1n) is 4.97. The third-order valence-electron chi connectivity index (χ3n) is 2.56. The van der Waals surface area contributed by atoms with Crippen LogP contribution < -0.4 is 0 Å². The normalized spacial score (nSPS) is 12.2. The number of benzene rings is 1. The largest absolute Gasteiger partial charge is 0.345 e. The smallest absolute Gasteiger partial charge is 0.335 e. The maximum absolute atomic E-state index is 6.05. The SMILES string of the molecule is COC(OC)(OC)c1nc2c(Cl)cccc2[nH]1. The maximum atomic E-state index is 6.05. The Labute approximate surface area is 104 Å². The lowest BCUT2D eigenvalue weighted by Crippen LogP contribution is -2.34. The summed E-state index contributed by atoms with van der Waals surface area (Å²) in [6, 6.07) is 5.47. The van der Waals surface area contributed by atoms with Crippen molar-refractivity contribution < 1.29 is 14.2 Å². The summed E-state index contributed by atoms with van der Waals surface area (Å²) in [5.74, 6) is -0.935. The van der Waals surface area contributed by atoms with Crippen LogP contribution in [0.1, 0.15) is 5.82 Å². The number of hydrogen-bond acceptors (Lipinski definition) is 4. The number of H-pyrrole nitrogens is 1. The number of aromatic amines is 1. The van der Waals surface area contributed by atoms with Crippen LogP contribution >= 0.6 is 11.6 Å². The van der Waals surface area contributed by atoms with Crippen molar-refractivity contribution >= 4 is 22.6 Å². The molecule has 1 aromatic heterocycles. The van der Waals surface area contributed by atoms with Crippen LogP contribution in [0.4, 0.5) is 0 Å². The van der Waals surface area contributed by atoms with Gasteiger partial charge in [0.15, 0.2) is 5.82 Å². The van der Waals surface area contributed by atoms with Crippen LogP contribution in [0.3, 0.4) is 0 Å². The Hall–Kier alpha value is -1.14. The van der Waals surface area contributed by atoms with E-state index in [9.17, 15) is 0 Å². The molecule has 92 valence electrons. The number of nitrogens with zero attached hydrogens (tertiary/aromatic N) is 1. The molecule has 0 spiro atoms. The highest BCUT2D eigenvalue weighted by Gasteiger charge is 2.36. The number of imidazole rings is 1. The molecule has 2 aromatic rings. The monoisotopic (exact) mass is 256 g/mol. The maximum Gasteiger partial charge on any atom is 0.345 e. The standard InChI is InChI=1S/C11H13ClN2O3/c1-15-11(16-2,17-3)10-13-8-6-4-5-7(12)9(8)14-10/h4-6H,1-3H3,(H,13,14). The summed E-state index contributed by atoms with van der Waals surface area (Å²) in [5.41, 5.74) is 1.45. The summed E-state index contributed by atoms with van der Waals surface area (Å²) in [6.45, 7) is 0. The lowest BCUT2D eigenvalue weighted by molar-refractivity contribution is -0.368. The molecule has 1 aromatic carbocycles. The third-order valence-corrected chi connectivity index (χ3v) is 2.86. The predicted octanol–water partition coefficient (Wildman–Crippen LogP) is 2.27. The summed E-state index contributed by atoms with van der Waals surface area (Å²) < 4.78 is 15.6. The van der Waals surface area contributed by atoms with Gasteiger partial charge in [-0.25, -0.2) is 4.98 Å². The van der Waals surface area contributed by atoms with E-state index in [0.29, 0.717) is 16.4 Å². The van der Waals surface area contributed by atoms with Crippen LogP contribution in [0, 0.1) is 0 Å². The zero-order chi connectivity index (χ0) is 12.5. The number of hydrogen-bond donors (Lipinski definition) is 1. The van der Waals surface area contributed by atoms with Gasteiger partial charge in [-0.2, -0.15) is 0 Å². The molecular formula is C11H13ClN2O3. The zero-order valence-corrected chi connectivity index (χ0v) is 10.5. The Balaban J connectivity index is 2.59. The van der Waals surface area contributed by atoms with Crippen LogP contribution in [-0.2, 0) is 20.2 Å². The second-order valence-electron chi connectivity index (χ2n) is 3.39. The fraction of sp³-hybridized carbons (Fsp3) is 0.364. The first-order chi connectivity index (χ1) is 8.16. The van der Waals surface area contributed by atoms with Crippen molar-refractivity contribution in [2.24, 2.45) is 0 Å². The van der Waals surface area contributed by atoms with E-state index in [1.807, 2.05) is 12.1 Å². The Kier molecular flexibility index (Phi) is 3.35. The first-order valence-corrected chi connectivity index (χ1v) is 5.35. The molecule has 0 unspecified atom stereocenters. The molecule has 0 saturated heterocycles. The second kappa shape index (κ2) is 4.62. The van der Waals surface area contributed by atoms with Crippen molar-refractivity contribution in [2.75, 3.05) is 21.3 Å². The highest BCUT2D eigenvalue weighted by Crippen LogP contribution is 2.28. The molecule has 0 radical (unpaired) electrons. The topological polar surface area (TPSA) is 56.4 Å². The van der Waals surface area contributed by atoms with E-state index in [2.05, 4.69) is 9.97 Å². The molecule has 0 fully saturated rings. The lowest BCUT2D eigenvalue weighted by Gasteiger charge is -2.25. The Morgan fingerprint density at radius 2 is 1.82 bits per heavy atom. The number of fused-ring (bicyclic) bond motifs is 1. The van der Waals surface area contributed by atoms with Crippen LogP contribution in [0.5, 0.6) is 0 Å². The minimum Gasteiger partial charge on any atom is -0.335 e. The zero-order valence-electron chi connectivity index (χ0n) is 9.78. The molecule has 0 aliphatic carbocycles.